The normalized spacial score (nSPS) is 11.9. The second-order valence-corrected chi connectivity index (χ2v) is 19.0. The van der Waals surface area contributed by atoms with Gasteiger partial charge < -0.3 is 13.4 Å². The quantitative estimate of drug-likeness (QED) is 0.155. The summed E-state index contributed by atoms with van der Waals surface area (Å²) in [5.41, 5.74) is 14.1. The zero-order chi connectivity index (χ0) is 46.0. The predicted molar refractivity (Wildman–Crippen MR) is 276 cm³/mol. The Morgan fingerprint density at radius 3 is 1.91 bits per heavy atom. The molecule has 0 spiro atoms. The fourth-order valence-corrected chi connectivity index (χ4v) is 9.36. The monoisotopic (exact) mass is 1060 g/mol. The van der Waals surface area contributed by atoms with Gasteiger partial charge in [0.25, 0.3) is 0 Å². The number of hydrogen-bond donors (Lipinski definition) is 0. The van der Waals surface area contributed by atoms with Gasteiger partial charge in [-0.2, -0.15) is 0 Å². The molecule has 1 radical (unpaired) electrons. The van der Waals surface area contributed by atoms with Crippen LogP contribution in [0, 0.1) is 12.1 Å². The topological polar surface area (TPSA) is 69.9 Å². The first-order valence-electron chi connectivity index (χ1n) is 23.1. The third-order valence-corrected chi connectivity index (χ3v) is 12.8. The van der Waals surface area contributed by atoms with E-state index in [9.17, 15) is 0 Å². The van der Waals surface area contributed by atoms with Crippen molar-refractivity contribution in [2.75, 3.05) is 0 Å². The van der Waals surface area contributed by atoms with Gasteiger partial charge in [-0.25, -0.2) is 0 Å². The summed E-state index contributed by atoms with van der Waals surface area (Å²) >= 11 is 0. The molecule has 4 heterocycles. The van der Waals surface area contributed by atoms with Crippen molar-refractivity contribution >= 4 is 65.7 Å². The van der Waals surface area contributed by atoms with Crippen LogP contribution in [-0.4, -0.2) is 19.5 Å². The third-order valence-electron chi connectivity index (χ3n) is 12.8. The van der Waals surface area contributed by atoms with E-state index in [1.807, 2.05) is 60.8 Å². The van der Waals surface area contributed by atoms with E-state index in [2.05, 4.69) is 178 Å². The van der Waals surface area contributed by atoms with Crippen molar-refractivity contribution in [1.29, 1.82) is 0 Å². The Labute approximate surface area is 410 Å². The van der Waals surface area contributed by atoms with Crippen LogP contribution >= 0.6 is 0 Å². The first-order valence-corrected chi connectivity index (χ1v) is 23.1. The molecule has 0 fully saturated rings. The first-order chi connectivity index (χ1) is 32.5. The number of benzene rings is 8. The van der Waals surface area contributed by atoms with Crippen molar-refractivity contribution in [2.24, 2.45) is 0 Å². The van der Waals surface area contributed by atoms with Gasteiger partial charge in [-0.05, 0) is 87.3 Å². The van der Waals surface area contributed by atoms with Crippen LogP contribution in [0.25, 0.3) is 105 Å². The van der Waals surface area contributed by atoms with E-state index in [4.69, 9.17) is 13.8 Å². The van der Waals surface area contributed by atoms with Gasteiger partial charge in [0.1, 0.15) is 5.58 Å². The number of para-hydroxylation sites is 1. The van der Waals surface area contributed by atoms with Crippen molar-refractivity contribution in [1.82, 2.24) is 19.5 Å². The molecule has 6 nitrogen and oxygen atoms in total. The van der Waals surface area contributed by atoms with E-state index in [0.717, 1.165) is 88.8 Å². The fraction of sp³-hybridized carbons (Fsp3) is 0.164. The number of nitrogens with zero attached hydrogens (tertiary/aromatic N) is 4. The minimum absolute atomic E-state index is 0. The van der Waals surface area contributed by atoms with E-state index in [1.54, 1.807) is 0 Å². The van der Waals surface area contributed by atoms with Crippen LogP contribution in [0.5, 0.6) is 0 Å². The molecule has 12 rings (SSSR count). The SMILES string of the molecule is CC(C)(C)c1ccnc(-c2[c-]cccc2)n1.CC(C)c1cc(-c2ccccc2)cc(C(C)C)c1-n1c(-c2[c-]ccc3c2oc2c3ccc3c4ccccc4oc32)nc2cc3ccccc3cc21.[Ir]. The van der Waals surface area contributed by atoms with Gasteiger partial charge in [0, 0.05) is 59.3 Å². The van der Waals surface area contributed by atoms with Gasteiger partial charge in [0.15, 0.2) is 11.2 Å². The zero-order valence-corrected chi connectivity index (χ0v) is 41.6. The van der Waals surface area contributed by atoms with Gasteiger partial charge in [-0.1, -0.05) is 138 Å². The molecule has 7 heteroatoms. The molecule has 0 aliphatic rings. The number of fused-ring (bicyclic) bond motifs is 9. The molecule has 68 heavy (non-hydrogen) atoms. The molecule has 0 aliphatic carbocycles. The summed E-state index contributed by atoms with van der Waals surface area (Å²) in [6, 6.07) is 61.5. The van der Waals surface area contributed by atoms with Crippen LogP contribution in [0.4, 0.5) is 0 Å². The molecule has 12 aromatic rings. The molecule has 0 saturated heterocycles. The minimum atomic E-state index is 0. The second kappa shape index (κ2) is 17.8. The minimum Gasteiger partial charge on any atom is -0.497 e. The molecular formula is C61H50IrN4O2-2. The van der Waals surface area contributed by atoms with Gasteiger partial charge in [-0.3, -0.25) is 15.0 Å². The maximum absolute atomic E-state index is 6.90. The molecule has 0 saturated carbocycles. The summed E-state index contributed by atoms with van der Waals surface area (Å²) < 4.78 is 15.7. The average Bonchev–Trinajstić information content (AvgIpc) is 4.05. The smallest absolute Gasteiger partial charge is 0.177 e. The van der Waals surface area contributed by atoms with Gasteiger partial charge in [0.05, 0.1) is 28.3 Å². The van der Waals surface area contributed by atoms with Crippen LogP contribution in [0.3, 0.4) is 0 Å². The summed E-state index contributed by atoms with van der Waals surface area (Å²) in [4.78, 5) is 14.3. The summed E-state index contributed by atoms with van der Waals surface area (Å²) in [6.07, 6.45) is 1.81. The van der Waals surface area contributed by atoms with Crippen LogP contribution in [0.1, 0.15) is 77.1 Å². The molecule has 4 aromatic heterocycles. The van der Waals surface area contributed by atoms with Crippen molar-refractivity contribution in [3.05, 3.63) is 193 Å². The van der Waals surface area contributed by atoms with E-state index in [0.29, 0.717) is 0 Å². The first kappa shape index (κ1) is 44.6. The van der Waals surface area contributed by atoms with Crippen LogP contribution in [0.15, 0.2) is 173 Å². The zero-order valence-electron chi connectivity index (χ0n) is 39.2. The molecular weight excluding hydrogens is 1010 g/mol. The van der Waals surface area contributed by atoms with Crippen molar-refractivity contribution in [3.63, 3.8) is 0 Å². The number of furan rings is 2. The fourth-order valence-electron chi connectivity index (χ4n) is 9.36. The molecule has 337 valence electrons. The Morgan fingerprint density at radius 1 is 0.559 bits per heavy atom. The summed E-state index contributed by atoms with van der Waals surface area (Å²) in [5, 5.41) is 6.48. The molecule has 8 aromatic carbocycles. The maximum atomic E-state index is 6.90. The molecule has 0 N–H and O–H groups in total. The molecule has 0 atom stereocenters. The van der Waals surface area contributed by atoms with Crippen LogP contribution in [-0.2, 0) is 25.5 Å². The Bertz CT molecular complexity index is 3770. The van der Waals surface area contributed by atoms with Crippen LogP contribution in [0.2, 0.25) is 0 Å². The Morgan fingerprint density at radius 2 is 1.21 bits per heavy atom. The summed E-state index contributed by atoms with van der Waals surface area (Å²) in [6.45, 7) is 15.6. The van der Waals surface area contributed by atoms with E-state index in [1.165, 1.54) is 33.3 Å². The molecule has 0 unspecified atom stereocenters. The second-order valence-electron chi connectivity index (χ2n) is 19.0. The number of imidazole rings is 1. The Hall–Kier alpha value is -7.18. The third kappa shape index (κ3) is 7.89. The molecule has 0 amide bonds. The van der Waals surface area contributed by atoms with Gasteiger partial charge >= 0.3 is 0 Å². The summed E-state index contributed by atoms with van der Waals surface area (Å²) in [5.74, 6) is 2.05. The number of hydrogen-bond acceptors (Lipinski definition) is 5. The van der Waals surface area contributed by atoms with E-state index >= 15 is 0 Å². The van der Waals surface area contributed by atoms with Gasteiger partial charge in [-0.15, -0.1) is 54.1 Å². The Kier molecular flexibility index (Phi) is 11.7. The van der Waals surface area contributed by atoms with E-state index < -0.39 is 0 Å². The predicted octanol–water partition coefficient (Wildman–Crippen LogP) is 16.6. The van der Waals surface area contributed by atoms with Crippen molar-refractivity contribution in [2.45, 2.75) is 65.7 Å². The largest absolute Gasteiger partial charge is 0.497 e. The molecule has 0 aliphatic heterocycles. The maximum Gasteiger partial charge on any atom is 0.177 e. The van der Waals surface area contributed by atoms with Crippen molar-refractivity contribution in [3.8, 4) is 39.6 Å². The van der Waals surface area contributed by atoms with Crippen LogP contribution < -0.4 is 0 Å². The number of aromatic nitrogens is 4. The van der Waals surface area contributed by atoms with Crippen molar-refractivity contribution < 1.29 is 28.9 Å². The average molecular weight is 1060 g/mol. The Balaban J connectivity index is 0.000000270. The molecule has 0 bridgehead atoms. The number of rotatable bonds is 6. The standard InChI is InChI=1S/C47H35N2O2.C14H15N2.Ir/c1-27(2)38-23-32(29-13-6-5-7-14-29)24-39(28(3)4)43(38)49-41-26-31-16-9-8-15-30(31)25-40(41)48-47(49)37-19-12-18-34-36-22-21-35-33-17-10-11-20-42(33)50-45(35)46(36)51-44(34)37;1-14(2,3)12-9-10-15-13(16-12)11-7-5-4-6-8-11;/h5-18,20-28H,1-4H3;4-7,9-10H,1-3H3;/q2*-1;. The van der Waals surface area contributed by atoms with Gasteiger partial charge in [0.2, 0.25) is 0 Å². The van der Waals surface area contributed by atoms with E-state index in [-0.39, 0.29) is 37.4 Å². The summed E-state index contributed by atoms with van der Waals surface area (Å²) in [7, 11) is 0.